The van der Waals surface area contributed by atoms with E-state index in [1.807, 2.05) is 6.92 Å². The average molecular weight is 208 g/mol. The summed E-state index contributed by atoms with van der Waals surface area (Å²) in [5.41, 5.74) is 3.89. The monoisotopic (exact) mass is 208 g/mol. The first-order valence-electron chi connectivity index (χ1n) is 4.76. The summed E-state index contributed by atoms with van der Waals surface area (Å²) in [4.78, 5) is 10.4. The predicted molar refractivity (Wildman–Crippen MR) is 62.7 cm³/mol. The lowest BCUT2D eigenvalue weighted by Gasteiger charge is -2.06. The van der Waals surface area contributed by atoms with Crippen molar-refractivity contribution in [3.63, 3.8) is 0 Å². The smallest absolute Gasteiger partial charge is 0.132 e. The molecular formula is C12H16OS. The number of aldehydes is 1. The largest absolute Gasteiger partial charge is 0.302 e. The fraction of sp³-hybridized carbons (Fsp3) is 0.417. The summed E-state index contributed by atoms with van der Waals surface area (Å²) >= 11 is 1.68. The summed E-state index contributed by atoms with van der Waals surface area (Å²) < 4.78 is 0. The predicted octanol–water partition coefficient (Wildman–Crippen LogP) is 3.12. The molecule has 1 aromatic rings. The van der Waals surface area contributed by atoms with Crippen LogP contribution in [0.15, 0.2) is 18.2 Å². The number of benzene rings is 1. The molecule has 0 amide bonds. The van der Waals surface area contributed by atoms with Gasteiger partial charge >= 0.3 is 0 Å². The van der Waals surface area contributed by atoms with Crippen LogP contribution in [0.3, 0.4) is 0 Å². The zero-order valence-electron chi connectivity index (χ0n) is 8.91. The lowest BCUT2D eigenvalue weighted by atomic mass is 10.1. The van der Waals surface area contributed by atoms with Gasteiger partial charge in [0.25, 0.3) is 0 Å². The SMILES string of the molecule is Cc1cc(C)cc(CSC(C)C=O)c1. The van der Waals surface area contributed by atoms with Crippen molar-refractivity contribution in [1.82, 2.24) is 0 Å². The quantitative estimate of drug-likeness (QED) is 0.707. The number of thioether (sulfide) groups is 1. The van der Waals surface area contributed by atoms with Gasteiger partial charge in [-0.25, -0.2) is 0 Å². The van der Waals surface area contributed by atoms with E-state index >= 15 is 0 Å². The van der Waals surface area contributed by atoms with Crippen LogP contribution in [0.1, 0.15) is 23.6 Å². The molecule has 0 spiro atoms. The van der Waals surface area contributed by atoms with Crippen molar-refractivity contribution in [2.45, 2.75) is 31.8 Å². The van der Waals surface area contributed by atoms with Gasteiger partial charge in [-0.05, 0) is 26.3 Å². The van der Waals surface area contributed by atoms with E-state index in [-0.39, 0.29) is 5.25 Å². The number of carbonyl (C=O) groups is 1. The molecule has 1 rings (SSSR count). The van der Waals surface area contributed by atoms with Crippen LogP contribution in [0, 0.1) is 13.8 Å². The van der Waals surface area contributed by atoms with E-state index in [9.17, 15) is 4.79 Å². The Labute approximate surface area is 89.9 Å². The van der Waals surface area contributed by atoms with Crippen LogP contribution in [-0.2, 0) is 10.5 Å². The minimum Gasteiger partial charge on any atom is -0.302 e. The summed E-state index contributed by atoms with van der Waals surface area (Å²) in [6, 6.07) is 6.52. The lowest BCUT2D eigenvalue weighted by molar-refractivity contribution is -0.107. The molecule has 2 heteroatoms. The zero-order chi connectivity index (χ0) is 10.6. The van der Waals surface area contributed by atoms with Crippen molar-refractivity contribution in [1.29, 1.82) is 0 Å². The van der Waals surface area contributed by atoms with Gasteiger partial charge in [0.05, 0.1) is 5.25 Å². The topological polar surface area (TPSA) is 17.1 Å². The number of aryl methyl sites for hydroxylation is 2. The zero-order valence-corrected chi connectivity index (χ0v) is 9.73. The van der Waals surface area contributed by atoms with Crippen molar-refractivity contribution in [3.05, 3.63) is 34.9 Å². The molecule has 76 valence electrons. The molecule has 0 aliphatic rings. The molecule has 0 heterocycles. The van der Waals surface area contributed by atoms with E-state index in [2.05, 4.69) is 32.0 Å². The third kappa shape index (κ3) is 3.54. The maximum atomic E-state index is 10.4. The minimum absolute atomic E-state index is 0.0934. The molecule has 0 bridgehead atoms. The standard InChI is InChI=1S/C12H16OS/c1-9-4-10(2)6-12(5-9)8-14-11(3)7-13/h4-7,11H,8H2,1-3H3. The molecule has 1 atom stereocenters. The van der Waals surface area contributed by atoms with Crippen molar-refractivity contribution in [3.8, 4) is 0 Å². The van der Waals surface area contributed by atoms with Crippen LogP contribution < -0.4 is 0 Å². The molecule has 1 nitrogen and oxygen atoms in total. The maximum absolute atomic E-state index is 10.4. The Morgan fingerprint density at radius 3 is 2.36 bits per heavy atom. The number of carbonyl (C=O) groups excluding carboxylic acids is 1. The maximum Gasteiger partial charge on any atom is 0.132 e. The number of hydrogen-bond acceptors (Lipinski definition) is 2. The Balaban J connectivity index is 2.62. The van der Waals surface area contributed by atoms with Crippen LogP contribution in [0.2, 0.25) is 0 Å². The van der Waals surface area contributed by atoms with E-state index in [4.69, 9.17) is 0 Å². The molecule has 0 aromatic heterocycles. The van der Waals surface area contributed by atoms with Gasteiger partial charge in [0.15, 0.2) is 0 Å². The van der Waals surface area contributed by atoms with Gasteiger partial charge in [-0.1, -0.05) is 29.3 Å². The van der Waals surface area contributed by atoms with Crippen LogP contribution in [-0.4, -0.2) is 11.5 Å². The van der Waals surface area contributed by atoms with Crippen LogP contribution in [0.5, 0.6) is 0 Å². The van der Waals surface area contributed by atoms with Gasteiger partial charge in [0.2, 0.25) is 0 Å². The Morgan fingerprint density at radius 1 is 1.29 bits per heavy atom. The summed E-state index contributed by atoms with van der Waals surface area (Å²) in [6.07, 6.45) is 0.993. The molecule has 0 N–H and O–H groups in total. The molecule has 0 saturated heterocycles. The van der Waals surface area contributed by atoms with Gasteiger partial charge < -0.3 is 4.79 Å². The lowest BCUT2D eigenvalue weighted by Crippen LogP contribution is -1.97. The molecule has 0 fully saturated rings. The summed E-state index contributed by atoms with van der Waals surface area (Å²) in [5.74, 6) is 0.919. The second kappa shape index (κ2) is 5.20. The average Bonchev–Trinajstić information content (AvgIpc) is 2.12. The molecule has 0 radical (unpaired) electrons. The Morgan fingerprint density at radius 2 is 1.86 bits per heavy atom. The van der Waals surface area contributed by atoms with E-state index in [0.717, 1.165) is 12.0 Å². The molecular weight excluding hydrogens is 192 g/mol. The normalized spacial score (nSPS) is 12.5. The Hall–Kier alpha value is -0.760. The van der Waals surface area contributed by atoms with E-state index in [1.165, 1.54) is 16.7 Å². The Kier molecular flexibility index (Phi) is 4.21. The van der Waals surface area contributed by atoms with Gasteiger partial charge in [-0.15, -0.1) is 11.8 Å². The molecule has 1 aromatic carbocycles. The Bertz CT molecular complexity index is 300. The van der Waals surface area contributed by atoms with Gasteiger partial charge in [0, 0.05) is 5.75 Å². The molecule has 0 saturated carbocycles. The third-order valence-electron chi connectivity index (χ3n) is 1.99. The second-order valence-electron chi connectivity index (χ2n) is 3.65. The molecule has 1 unspecified atom stereocenters. The highest BCUT2D eigenvalue weighted by Gasteiger charge is 2.01. The van der Waals surface area contributed by atoms with Gasteiger partial charge in [0.1, 0.15) is 6.29 Å². The van der Waals surface area contributed by atoms with Crippen molar-refractivity contribution < 1.29 is 4.79 Å². The highest BCUT2D eigenvalue weighted by atomic mass is 32.2. The number of rotatable bonds is 4. The van der Waals surface area contributed by atoms with E-state index in [1.54, 1.807) is 11.8 Å². The van der Waals surface area contributed by atoms with E-state index < -0.39 is 0 Å². The molecule has 14 heavy (non-hydrogen) atoms. The molecule has 0 aliphatic heterocycles. The third-order valence-corrected chi connectivity index (χ3v) is 3.12. The van der Waals surface area contributed by atoms with Crippen LogP contribution in [0.4, 0.5) is 0 Å². The molecule has 0 aliphatic carbocycles. The van der Waals surface area contributed by atoms with Crippen LogP contribution >= 0.6 is 11.8 Å². The summed E-state index contributed by atoms with van der Waals surface area (Å²) in [6.45, 7) is 6.13. The first-order chi connectivity index (χ1) is 6.61. The highest BCUT2D eigenvalue weighted by Crippen LogP contribution is 2.18. The van der Waals surface area contributed by atoms with E-state index in [0.29, 0.717) is 0 Å². The van der Waals surface area contributed by atoms with Crippen molar-refractivity contribution in [2.75, 3.05) is 0 Å². The fourth-order valence-electron chi connectivity index (χ4n) is 1.42. The van der Waals surface area contributed by atoms with Gasteiger partial charge in [-0.3, -0.25) is 0 Å². The number of hydrogen-bond donors (Lipinski definition) is 0. The first kappa shape index (κ1) is 11.3. The summed E-state index contributed by atoms with van der Waals surface area (Å²) in [5, 5.41) is 0.0934. The van der Waals surface area contributed by atoms with Crippen molar-refractivity contribution in [2.24, 2.45) is 0 Å². The second-order valence-corrected chi connectivity index (χ2v) is 5.01. The van der Waals surface area contributed by atoms with Crippen molar-refractivity contribution >= 4 is 18.0 Å². The van der Waals surface area contributed by atoms with Crippen LogP contribution in [0.25, 0.3) is 0 Å². The first-order valence-corrected chi connectivity index (χ1v) is 5.81. The highest BCUT2D eigenvalue weighted by molar-refractivity contribution is 7.99. The minimum atomic E-state index is 0.0934. The summed E-state index contributed by atoms with van der Waals surface area (Å²) in [7, 11) is 0. The fourth-order valence-corrected chi connectivity index (χ4v) is 2.12. The van der Waals surface area contributed by atoms with Gasteiger partial charge in [-0.2, -0.15) is 0 Å².